The van der Waals surface area contributed by atoms with Crippen LogP contribution in [-0.2, 0) is 20.3 Å². The predicted molar refractivity (Wildman–Crippen MR) is 105 cm³/mol. The minimum absolute atomic E-state index is 0.0601. The van der Waals surface area contributed by atoms with Crippen molar-refractivity contribution < 1.29 is 27.8 Å². The molecule has 3 aromatic rings. The number of ether oxygens (including phenoxy) is 1. The van der Waals surface area contributed by atoms with Crippen molar-refractivity contribution in [1.82, 2.24) is 19.1 Å². The first-order valence-electron chi connectivity index (χ1n) is 8.89. The highest BCUT2D eigenvalue weighted by Crippen LogP contribution is 2.29. The molecular formula is C19H16F3N5O5. The highest BCUT2D eigenvalue weighted by molar-refractivity contribution is 6.05. The first-order chi connectivity index (χ1) is 14.9. The molecule has 0 aliphatic rings. The lowest BCUT2D eigenvalue weighted by Gasteiger charge is -2.11. The van der Waals surface area contributed by atoms with Crippen LogP contribution in [0.25, 0.3) is 0 Å². The summed E-state index contributed by atoms with van der Waals surface area (Å²) in [6, 6.07) is 6.63. The summed E-state index contributed by atoms with van der Waals surface area (Å²) in [5.41, 5.74) is -2.18. The number of nitrogens with zero attached hydrogens (tertiary/aromatic N) is 4. The Morgan fingerprint density at radius 1 is 1.09 bits per heavy atom. The summed E-state index contributed by atoms with van der Waals surface area (Å²) in [6.45, 7) is 1.36. The zero-order valence-corrected chi connectivity index (χ0v) is 16.9. The van der Waals surface area contributed by atoms with Crippen molar-refractivity contribution in [2.45, 2.75) is 13.1 Å². The van der Waals surface area contributed by atoms with Gasteiger partial charge in [0.2, 0.25) is 17.6 Å². The average Bonchev–Trinajstić information content (AvgIpc) is 2.71. The number of aryl methyl sites for hydroxylation is 1. The maximum Gasteiger partial charge on any atom is 0.451 e. The Morgan fingerprint density at radius 2 is 1.72 bits per heavy atom. The number of carbonyl (C=O) groups excluding carboxylic acids is 1. The number of halogens is 3. The number of benzene rings is 1. The van der Waals surface area contributed by atoms with Crippen LogP contribution in [-0.4, -0.2) is 30.1 Å². The minimum atomic E-state index is -4.73. The molecule has 0 atom stereocenters. The Balaban J connectivity index is 1.81. The largest absolute Gasteiger partial charge is 0.494 e. The third kappa shape index (κ3) is 4.45. The number of amides is 1. The van der Waals surface area contributed by atoms with Crippen molar-refractivity contribution in [3.63, 3.8) is 0 Å². The monoisotopic (exact) mass is 451 g/mol. The van der Waals surface area contributed by atoms with E-state index in [9.17, 15) is 32.7 Å². The molecule has 0 bridgehead atoms. The van der Waals surface area contributed by atoms with E-state index in [4.69, 9.17) is 4.74 Å². The van der Waals surface area contributed by atoms with Crippen LogP contribution in [0.1, 0.15) is 21.9 Å². The molecule has 168 valence electrons. The molecule has 1 aromatic carbocycles. The van der Waals surface area contributed by atoms with E-state index < -0.39 is 40.6 Å². The van der Waals surface area contributed by atoms with Crippen LogP contribution in [0.2, 0.25) is 0 Å². The number of rotatable bonds is 4. The summed E-state index contributed by atoms with van der Waals surface area (Å²) in [6.07, 6.45) is -4.73. The molecule has 2 heterocycles. The molecule has 0 saturated carbocycles. The van der Waals surface area contributed by atoms with Crippen LogP contribution >= 0.6 is 0 Å². The van der Waals surface area contributed by atoms with Crippen molar-refractivity contribution in [1.29, 1.82) is 0 Å². The van der Waals surface area contributed by atoms with E-state index in [1.54, 1.807) is 0 Å². The Labute approximate surface area is 177 Å². The van der Waals surface area contributed by atoms with E-state index in [1.165, 1.54) is 44.3 Å². The summed E-state index contributed by atoms with van der Waals surface area (Å²) in [5.74, 6) is -3.30. The molecule has 0 fully saturated rings. The number of hydrogen-bond donors (Lipinski definition) is 2. The van der Waals surface area contributed by atoms with Gasteiger partial charge in [0.05, 0.1) is 0 Å². The summed E-state index contributed by atoms with van der Waals surface area (Å²) >= 11 is 0. The molecule has 0 saturated heterocycles. The van der Waals surface area contributed by atoms with E-state index in [0.717, 1.165) is 11.6 Å². The van der Waals surface area contributed by atoms with Crippen molar-refractivity contribution in [2.75, 3.05) is 5.32 Å². The maximum atomic E-state index is 12.8. The Kier molecular flexibility index (Phi) is 5.75. The van der Waals surface area contributed by atoms with Gasteiger partial charge in [-0.3, -0.25) is 18.7 Å². The Morgan fingerprint density at radius 3 is 2.31 bits per heavy atom. The number of anilines is 1. The number of hydrogen-bond acceptors (Lipinski definition) is 7. The predicted octanol–water partition coefficient (Wildman–Crippen LogP) is 1.95. The third-order valence-corrected chi connectivity index (χ3v) is 4.28. The molecule has 0 aliphatic carbocycles. The molecule has 1 amide bonds. The standard InChI is InChI=1S/C19H16F3N5O5/c1-9-8-12(25-17(23-9)19(20,21)22)32-11-6-4-10(5-7-11)24-14(28)13-15(29)26(2)18(31)27(3)16(13)30/h4-8,29H,1-3H3,(H,24,28). The van der Waals surface area contributed by atoms with Crippen LogP contribution in [0.5, 0.6) is 17.5 Å². The SMILES string of the molecule is Cc1cc(Oc2ccc(NC(=O)c3c(O)n(C)c(=O)n(C)c3=O)cc2)nc(C(F)(F)F)n1. The van der Waals surface area contributed by atoms with Crippen molar-refractivity contribution >= 4 is 11.6 Å². The minimum Gasteiger partial charge on any atom is -0.494 e. The van der Waals surface area contributed by atoms with Gasteiger partial charge in [0, 0.05) is 31.5 Å². The van der Waals surface area contributed by atoms with Gasteiger partial charge < -0.3 is 15.2 Å². The van der Waals surface area contributed by atoms with Gasteiger partial charge in [0.25, 0.3) is 11.5 Å². The molecule has 3 rings (SSSR count). The molecule has 13 heteroatoms. The molecule has 0 spiro atoms. The normalized spacial score (nSPS) is 11.3. The number of nitrogens with one attached hydrogen (secondary N) is 1. The molecule has 0 radical (unpaired) electrons. The van der Waals surface area contributed by atoms with Gasteiger partial charge in [-0.05, 0) is 31.2 Å². The quantitative estimate of drug-likeness (QED) is 0.621. The van der Waals surface area contributed by atoms with Crippen LogP contribution < -0.4 is 21.3 Å². The van der Waals surface area contributed by atoms with Crippen LogP contribution in [0.3, 0.4) is 0 Å². The highest BCUT2D eigenvalue weighted by atomic mass is 19.4. The van der Waals surface area contributed by atoms with E-state index >= 15 is 0 Å². The van der Waals surface area contributed by atoms with Gasteiger partial charge in [-0.1, -0.05) is 0 Å². The molecule has 10 nitrogen and oxygen atoms in total. The van der Waals surface area contributed by atoms with Crippen molar-refractivity contribution in [3.8, 4) is 17.5 Å². The lowest BCUT2D eigenvalue weighted by Crippen LogP contribution is -2.40. The summed E-state index contributed by atoms with van der Waals surface area (Å²) in [5, 5.41) is 12.4. The molecule has 0 unspecified atom stereocenters. The van der Waals surface area contributed by atoms with E-state index in [1.807, 2.05) is 0 Å². The van der Waals surface area contributed by atoms with E-state index in [-0.39, 0.29) is 23.0 Å². The molecule has 2 aromatic heterocycles. The Bertz CT molecular complexity index is 1310. The van der Waals surface area contributed by atoms with E-state index in [2.05, 4.69) is 15.3 Å². The van der Waals surface area contributed by atoms with Gasteiger partial charge in [-0.25, -0.2) is 9.78 Å². The number of carbonyl (C=O) groups is 1. The summed E-state index contributed by atoms with van der Waals surface area (Å²) in [7, 11) is 2.35. The Hall–Kier alpha value is -4.16. The highest BCUT2D eigenvalue weighted by Gasteiger charge is 2.35. The molecule has 0 aliphatic heterocycles. The van der Waals surface area contributed by atoms with Crippen molar-refractivity contribution in [2.24, 2.45) is 14.1 Å². The topological polar surface area (TPSA) is 128 Å². The fourth-order valence-electron chi connectivity index (χ4n) is 2.67. The number of alkyl halides is 3. The van der Waals surface area contributed by atoms with Crippen LogP contribution in [0, 0.1) is 6.92 Å². The van der Waals surface area contributed by atoms with Crippen molar-refractivity contribution in [3.05, 3.63) is 68.3 Å². The van der Waals surface area contributed by atoms with Crippen LogP contribution in [0.4, 0.5) is 18.9 Å². The lowest BCUT2D eigenvalue weighted by atomic mass is 10.2. The zero-order valence-electron chi connectivity index (χ0n) is 16.9. The fraction of sp³-hybridized carbons (Fsp3) is 0.211. The summed E-state index contributed by atoms with van der Waals surface area (Å²) in [4.78, 5) is 43.1. The second-order valence-electron chi connectivity index (χ2n) is 6.65. The average molecular weight is 451 g/mol. The van der Waals surface area contributed by atoms with Gasteiger partial charge in [0.1, 0.15) is 5.75 Å². The summed E-state index contributed by atoms with van der Waals surface area (Å²) < 4.78 is 45.3. The number of aromatic nitrogens is 4. The van der Waals surface area contributed by atoms with Gasteiger partial charge >= 0.3 is 11.9 Å². The third-order valence-electron chi connectivity index (χ3n) is 4.28. The zero-order chi connectivity index (χ0) is 23.8. The lowest BCUT2D eigenvalue weighted by molar-refractivity contribution is -0.145. The first-order valence-corrected chi connectivity index (χ1v) is 8.89. The second-order valence-corrected chi connectivity index (χ2v) is 6.65. The van der Waals surface area contributed by atoms with E-state index in [0.29, 0.717) is 4.57 Å². The number of aromatic hydroxyl groups is 1. The van der Waals surface area contributed by atoms with Gasteiger partial charge in [-0.2, -0.15) is 18.2 Å². The van der Waals surface area contributed by atoms with Gasteiger partial charge in [-0.15, -0.1) is 0 Å². The molecule has 32 heavy (non-hydrogen) atoms. The molecular weight excluding hydrogens is 435 g/mol. The fourth-order valence-corrected chi connectivity index (χ4v) is 2.67. The van der Waals surface area contributed by atoms with Crippen LogP contribution in [0.15, 0.2) is 39.9 Å². The second kappa shape index (κ2) is 8.17. The maximum absolute atomic E-state index is 12.8. The smallest absolute Gasteiger partial charge is 0.451 e. The first kappa shape index (κ1) is 22.5. The molecule has 2 N–H and O–H groups in total. The van der Waals surface area contributed by atoms with Gasteiger partial charge in [0.15, 0.2) is 5.56 Å².